The molecule has 1 aromatic carbocycles. The van der Waals surface area contributed by atoms with Crippen LogP contribution in [0, 0.1) is 0 Å². The number of rotatable bonds is 10. The molecule has 7 atom stereocenters. The molecule has 278 valence electrons. The number of hydrogen-bond acceptors (Lipinski definition) is 7. The summed E-state index contributed by atoms with van der Waals surface area (Å²) in [6, 6.07) is 2.77. The molecule has 3 amide bonds. The van der Waals surface area contributed by atoms with E-state index in [1.165, 1.54) is 24.3 Å². The predicted molar refractivity (Wildman–Crippen MR) is 187 cm³/mol. The number of nitrogens with zero attached hydrogens (tertiary/aromatic N) is 3. The van der Waals surface area contributed by atoms with Crippen molar-refractivity contribution >= 4 is 52.6 Å². The van der Waals surface area contributed by atoms with Gasteiger partial charge in [-0.05, 0) is 114 Å². The zero-order valence-electron chi connectivity index (χ0n) is 28.8. The molecule has 0 bridgehead atoms. The van der Waals surface area contributed by atoms with Gasteiger partial charge in [0.1, 0.15) is 24.3 Å². The standard InChI is InChI=1S/C35H46F2N5O7PS/c1-19(34(46)47)39-50(48,49)30(37)20-4-9-28-21(14-20)15-29(51-28)31(43)38-26-7-5-23(40(2)25-16-22(36)17-25)18-24-6-8-27(42(24)32(26)44)33(45)41-13-3-10-35(41)11-12-35/h4,9,14-15,19,22-27,30H,3,5-8,10-13,16-18H2,1-2H3,(H,38,43)(H,46,47)(H2,39,48,49)/t19-,22?,23-,24+,25?,26-,27-,30+/m0/s1. The van der Waals surface area contributed by atoms with Crippen molar-refractivity contribution < 1.29 is 42.5 Å². The number of hydrogen-bond donors (Lipinski definition) is 4. The first-order chi connectivity index (χ1) is 24.2. The lowest BCUT2D eigenvalue weighted by Gasteiger charge is -2.45. The molecule has 5 aliphatic rings. The van der Waals surface area contributed by atoms with Gasteiger partial charge in [0.05, 0.1) is 4.88 Å². The van der Waals surface area contributed by atoms with Gasteiger partial charge in [0.25, 0.3) is 5.91 Å². The summed E-state index contributed by atoms with van der Waals surface area (Å²) in [5.74, 6) is -4.58. The highest BCUT2D eigenvalue weighted by Gasteiger charge is 2.56. The second kappa shape index (κ2) is 13.8. The Morgan fingerprint density at radius 2 is 1.82 bits per heavy atom. The summed E-state index contributed by atoms with van der Waals surface area (Å²) >= 11 is 1.13. The molecular weight excluding hydrogens is 703 g/mol. The molecule has 1 spiro atoms. The zero-order chi connectivity index (χ0) is 36.4. The van der Waals surface area contributed by atoms with Crippen molar-refractivity contribution in [2.45, 2.75) is 131 Å². The number of nitrogens with one attached hydrogen (secondary N) is 2. The lowest BCUT2D eigenvalue weighted by atomic mass is 9.86. The summed E-state index contributed by atoms with van der Waals surface area (Å²) in [5.41, 5.74) is -0.212. The summed E-state index contributed by atoms with van der Waals surface area (Å²) in [6.45, 7) is 1.84. The third kappa shape index (κ3) is 6.96. The van der Waals surface area contributed by atoms with Crippen LogP contribution in [0.1, 0.15) is 98.7 Å². The van der Waals surface area contributed by atoms with Crippen molar-refractivity contribution in [3.05, 3.63) is 34.7 Å². The molecule has 2 aromatic rings. The highest BCUT2D eigenvalue weighted by Crippen LogP contribution is 2.54. The van der Waals surface area contributed by atoms with Crippen LogP contribution in [0.5, 0.6) is 0 Å². The van der Waals surface area contributed by atoms with E-state index in [9.17, 15) is 33.0 Å². The van der Waals surface area contributed by atoms with E-state index in [1.807, 2.05) is 17.0 Å². The van der Waals surface area contributed by atoms with Gasteiger partial charge < -0.3 is 30.0 Å². The Labute approximate surface area is 299 Å². The number of aliphatic carboxylic acids is 1. The average Bonchev–Trinajstić information content (AvgIpc) is 3.36. The molecule has 2 saturated carbocycles. The summed E-state index contributed by atoms with van der Waals surface area (Å²) in [5, 5.41) is 14.4. The predicted octanol–water partition coefficient (Wildman–Crippen LogP) is 4.72. The molecule has 1 aromatic heterocycles. The van der Waals surface area contributed by atoms with E-state index in [-0.39, 0.29) is 45.9 Å². The topological polar surface area (TPSA) is 160 Å². The maximum atomic E-state index is 15.2. The number of amides is 3. The van der Waals surface area contributed by atoms with Gasteiger partial charge in [-0.25, -0.2) is 13.9 Å². The van der Waals surface area contributed by atoms with E-state index < -0.39 is 49.6 Å². The van der Waals surface area contributed by atoms with Crippen LogP contribution < -0.4 is 10.4 Å². The maximum Gasteiger partial charge on any atom is 0.320 e. The fourth-order valence-electron chi connectivity index (χ4n) is 8.72. The SMILES string of the molecule is C[C@H](NP(=O)(O)[C@@H](F)c1ccc2sc(C(=O)N[C@H]3CC[C@H](N(C)C4CC(F)C4)C[C@H]4CC[C@@H](C(=O)N5CCCC56CC6)N4C3=O)cc2c1)C(=O)O. The van der Waals surface area contributed by atoms with Crippen molar-refractivity contribution in [1.29, 1.82) is 0 Å². The first kappa shape index (κ1) is 36.4. The normalized spacial score (nSPS) is 31.1. The second-order valence-electron chi connectivity index (χ2n) is 15.2. The average molecular weight is 750 g/mol. The zero-order valence-corrected chi connectivity index (χ0v) is 30.5. The highest BCUT2D eigenvalue weighted by atomic mass is 32.1. The molecule has 4 N–H and O–H groups in total. The minimum atomic E-state index is -4.76. The van der Waals surface area contributed by atoms with E-state index in [0.29, 0.717) is 61.6 Å². The van der Waals surface area contributed by atoms with Gasteiger partial charge in [-0.3, -0.25) is 23.7 Å². The summed E-state index contributed by atoms with van der Waals surface area (Å²) in [4.78, 5) is 70.0. The third-order valence-electron chi connectivity index (χ3n) is 12.0. The Morgan fingerprint density at radius 1 is 1.08 bits per heavy atom. The van der Waals surface area contributed by atoms with Crippen LogP contribution in [0.2, 0.25) is 0 Å². The smallest absolute Gasteiger partial charge is 0.320 e. The summed E-state index contributed by atoms with van der Waals surface area (Å²) in [7, 11) is -2.75. The van der Waals surface area contributed by atoms with Gasteiger partial charge in [-0.1, -0.05) is 6.07 Å². The number of carboxylic acid groups (broad SMARTS) is 1. The van der Waals surface area contributed by atoms with Crippen LogP contribution in [0.25, 0.3) is 10.1 Å². The molecule has 7 rings (SSSR count). The molecule has 12 nitrogen and oxygen atoms in total. The fourth-order valence-corrected chi connectivity index (χ4v) is 11.0. The highest BCUT2D eigenvalue weighted by molar-refractivity contribution is 7.56. The molecule has 1 unspecified atom stereocenters. The Bertz CT molecular complexity index is 1770. The Morgan fingerprint density at radius 3 is 2.51 bits per heavy atom. The molecule has 16 heteroatoms. The molecule has 4 heterocycles. The largest absolute Gasteiger partial charge is 0.480 e. The monoisotopic (exact) mass is 749 g/mol. The van der Waals surface area contributed by atoms with Crippen LogP contribution in [0.4, 0.5) is 8.78 Å². The van der Waals surface area contributed by atoms with Crippen LogP contribution >= 0.6 is 18.9 Å². The number of carboxylic acids is 1. The van der Waals surface area contributed by atoms with E-state index in [1.54, 1.807) is 4.90 Å². The first-order valence-corrected chi connectivity index (χ1v) is 20.5. The quantitative estimate of drug-likeness (QED) is 0.253. The van der Waals surface area contributed by atoms with Crippen molar-refractivity contribution in [2.75, 3.05) is 13.6 Å². The molecule has 5 fully saturated rings. The third-order valence-corrected chi connectivity index (χ3v) is 14.8. The van der Waals surface area contributed by atoms with Gasteiger partial charge in [-0.15, -0.1) is 11.3 Å². The van der Waals surface area contributed by atoms with Crippen molar-refractivity contribution in [3.63, 3.8) is 0 Å². The van der Waals surface area contributed by atoms with E-state index in [2.05, 4.69) is 10.2 Å². The molecule has 3 aliphatic heterocycles. The number of thiophene rings is 1. The Kier molecular flexibility index (Phi) is 9.83. The lowest BCUT2D eigenvalue weighted by Crippen LogP contribution is -2.59. The van der Waals surface area contributed by atoms with Gasteiger partial charge in [0, 0.05) is 34.9 Å². The van der Waals surface area contributed by atoms with E-state index in [4.69, 9.17) is 5.11 Å². The van der Waals surface area contributed by atoms with Gasteiger partial charge in [0.2, 0.25) is 17.7 Å². The number of alkyl halides is 2. The van der Waals surface area contributed by atoms with E-state index in [0.717, 1.165) is 43.9 Å². The van der Waals surface area contributed by atoms with Gasteiger partial charge in [-0.2, -0.15) is 0 Å². The molecule has 2 aliphatic carbocycles. The summed E-state index contributed by atoms with van der Waals surface area (Å²) in [6.07, 6.45) is 6.98. The van der Waals surface area contributed by atoms with E-state index >= 15 is 4.39 Å². The van der Waals surface area contributed by atoms with Crippen LogP contribution in [-0.4, -0.2) is 110 Å². The Balaban J connectivity index is 1.11. The van der Waals surface area contributed by atoms with Crippen LogP contribution in [-0.2, 0) is 18.9 Å². The minimum absolute atomic E-state index is 0.00203. The lowest BCUT2D eigenvalue weighted by molar-refractivity contribution is -0.148. The van der Waals surface area contributed by atoms with Gasteiger partial charge >= 0.3 is 13.5 Å². The number of benzene rings is 1. The fraction of sp³-hybridized carbons (Fsp3) is 0.657. The molecular formula is C35H46F2N5O7PS. The molecule has 3 saturated heterocycles. The number of likely N-dealkylation sites (tertiary alicyclic amines) is 1. The van der Waals surface area contributed by atoms with Crippen molar-refractivity contribution in [1.82, 2.24) is 25.1 Å². The van der Waals surface area contributed by atoms with Crippen molar-refractivity contribution in [2.24, 2.45) is 0 Å². The van der Waals surface area contributed by atoms with Crippen molar-refractivity contribution in [3.8, 4) is 0 Å². The number of halogens is 2. The second-order valence-corrected chi connectivity index (χ2v) is 18.3. The molecule has 51 heavy (non-hydrogen) atoms. The minimum Gasteiger partial charge on any atom is -0.480 e. The number of fused-ring (bicyclic) bond motifs is 2. The summed E-state index contributed by atoms with van der Waals surface area (Å²) < 4.78 is 42.3. The molecule has 0 radical (unpaired) electrons. The first-order valence-electron chi connectivity index (χ1n) is 18.0. The maximum absolute atomic E-state index is 15.2. The number of carbonyl (C=O) groups is 4. The van der Waals surface area contributed by atoms with Crippen LogP contribution in [0.3, 0.4) is 0 Å². The van der Waals surface area contributed by atoms with Gasteiger partial charge in [0.15, 0.2) is 0 Å². The van der Waals surface area contributed by atoms with Crippen LogP contribution in [0.15, 0.2) is 24.3 Å². The Hall–Kier alpha value is -2.97. The number of carbonyl (C=O) groups excluding carboxylic acids is 3.